The van der Waals surface area contributed by atoms with Crippen molar-refractivity contribution in [3.63, 3.8) is 0 Å². The van der Waals surface area contributed by atoms with Crippen LogP contribution in [-0.4, -0.2) is 56.5 Å². The van der Waals surface area contributed by atoms with E-state index >= 15 is 0 Å². The first-order chi connectivity index (χ1) is 12.8. The number of halogens is 1. The van der Waals surface area contributed by atoms with Gasteiger partial charge in [0.05, 0.1) is 13.7 Å². The predicted molar refractivity (Wildman–Crippen MR) is 110 cm³/mol. The van der Waals surface area contributed by atoms with E-state index in [1.807, 2.05) is 32.9 Å². The number of aliphatic hydroxyl groups is 1. The van der Waals surface area contributed by atoms with Crippen LogP contribution in [0.2, 0.25) is 0 Å². The first-order valence-electron chi connectivity index (χ1n) is 9.09. The molecule has 0 radical (unpaired) electrons. The highest BCUT2D eigenvalue weighted by molar-refractivity contribution is 9.10. The van der Waals surface area contributed by atoms with Gasteiger partial charge < -0.3 is 30.5 Å². The molecule has 0 fully saturated rings. The van der Waals surface area contributed by atoms with Gasteiger partial charge in [0, 0.05) is 23.1 Å². The van der Waals surface area contributed by atoms with Gasteiger partial charge in [0.25, 0.3) is 5.91 Å². The lowest BCUT2D eigenvalue weighted by Crippen LogP contribution is -2.43. The van der Waals surface area contributed by atoms with Gasteiger partial charge in [0.1, 0.15) is 0 Å². The lowest BCUT2D eigenvalue weighted by Gasteiger charge is -2.21. The van der Waals surface area contributed by atoms with Crippen LogP contribution in [0.5, 0.6) is 11.5 Å². The van der Waals surface area contributed by atoms with E-state index in [0.717, 1.165) is 29.5 Å². The maximum Gasteiger partial charge on any atom is 0.258 e. The second-order valence-corrected chi connectivity index (χ2v) is 8.04. The quantitative estimate of drug-likeness (QED) is 0.366. The molecular formula is C19H32BrN3O4. The summed E-state index contributed by atoms with van der Waals surface area (Å²) in [4.78, 5) is 11.9. The highest BCUT2D eigenvalue weighted by Crippen LogP contribution is 2.33. The van der Waals surface area contributed by atoms with Gasteiger partial charge >= 0.3 is 0 Å². The van der Waals surface area contributed by atoms with Crippen molar-refractivity contribution >= 4 is 21.8 Å². The van der Waals surface area contributed by atoms with Gasteiger partial charge in [-0.1, -0.05) is 15.9 Å². The molecule has 27 heavy (non-hydrogen) atoms. The Balaban J connectivity index is 2.55. The Morgan fingerprint density at radius 2 is 1.85 bits per heavy atom. The molecule has 4 N–H and O–H groups in total. The minimum absolute atomic E-state index is 0.0709. The molecule has 0 unspecified atom stereocenters. The number of hydrogen-bond donors (Lipinski definition) is 4. The van der Waals surface area contributed by atoms with Crippen molar-refractivity contribution in [1.82, 2.24) is 16.0 Å². The fraction of sp³-hybridized carbons (Fsp3) is 0.632. The molecule has 0 aliphatic carbocycles. The van der Waals surface area contributed by atoms with Crippen LogP contribution in [0.1, 0.15) is 32.8 Å². The minimum atomic E-state index is -0.297. The molecule has 1 amide bonds. The first kappa shape index (κ1) is 23.7. The second-order valence-electron chi connectivity index (χ2n) is 7.19. The summed E-state index contributed by atoms with van der Waals surface area (Å²) in [6.07, 6.45) is 0.971. The second kappa shape index (κ2) is 12.2. The third-order valence-electron chi connectivity index (χ3n) is 3.52. The number of rotatable bonds is 12. The van der Waals surface area contributed by atoms with E-state index in [1.54, 1.807) is 7.11 Å². The number of carbonyl (C=O) groups excluding carboxylic acids is 1. The van der Waals surface area contributed by atoms with Gasteiger partial charge in [0.15, 0.2) is 18.1 Å². The normalized spacial score (nSPS) is 11.3. The number of amides is 1. The van der Waals surface area contributed by atoms with Crippen molar-refractivity contribution in [2.75, 3.05) is 40.0 Å². The molecular weight excluding hydrogens is 414 g/mol. The van der Waals surface area contributed by atoms with Crippen molar-refractivity contribution < 1.29 is 19.4 Å². The Bertz CT molecular complexity index is 591. The molecule has 1 aromatic carbocycles. The molecule has 0 bridgehead atoms. The average molecular weight is 446 g/mol. The Morgan fingerprint density at radius 1 is 1.15 bits per heavy atom. The third kappa shape index (κ3) is 9.95. The number of carbonyl (C=O) groups is 1. The molecule has 1 rings (SSSR count). The van der Waals surface area contributed by atoms with Crippen LogP contribution in [0.15, 0.2) is 16.6 Å². The molecule has 0 saturated carbocycles. The van der Waals surface area contributed by atoms with Gasteiger partial charge in [0.2, 0.25) is 0 Å². The maximum atomic E-state index is 11.9. The summed E-state index contributed by atoms with van der Waals surface area (Å²) in [7, 11) is 1.58. The van der Waals surface area contributed by atoms with Crippen molar-refractivity contribution in [3.05, 3.63) is 22.2 Å². The van der Waals surface area contributed by atoms with E-state index in [-0.39, 0.29) is 24.7 Å². The van der Waals surface area contributed by atoms with Crippen LogP contribution in [0.4, 0.5) is 0 Å². The molecule has 0 aromatic heterocycles. The molecule has 0 atom stereocenters. The summed E-state index contributed by atoms with van der Waals surface area (Å²) in [6.45, 7) is 8.89. The van der Waals surface area contributed by atoms with Crippen molar-refractivity contribution in [2.24, 2.45) is 0 Å². The predicted octanol–water partition coefficient (Wildman–Crippen LogP) is 1.81. The smallest absolute Gasteiger partial charge is 0.258 e. The molecule has 154 valence electrons. The van der Waals surface area contributed by atoms with Gasteiger partial charge in [-0.15, -0.1) is 0 Å². The number of aliphatic hydroxyl groups excluding tert-OH is 1. The lowest BCUT2D eigenvalue weighted by atomic mass is 10.1. The van der Waals surface area contributed by atoms with E-state index in [9.17, 15) is 4.79 Å². The van der Waals surface area contributed by atoms with E-state index in [0.29, 0.717) is 24.6 Å². The molecule has 0 saturated heterocycles. The van der Waals surface area contributed by atoms with Crippen molar-refractivity contribution in [1.29, 1.82) is 0 Å². The van der Waals surface area contributed by atoms with Gasteiger partial charge in [-0.05, 0) is 58.0 Å². The van der Waals surface area contributed by atoms with E-state index in [4.69, 9.17) is 14.6 Å². The molecule has 0 aliphatic rings. The Hall–Kier alpha value is -1.35. The molecule has 0 heterocycles. The van der Waals surface area contributed by atoms with Gasteiger partial charge in [-0.3, -0.25) is 4.79 Å². The van der Waals surface area contributed by atoms with E-state index in [1.165, 1.54) is 0 Å². The molecule has 1 aromatic rings. The van der Waals surface area contributed by atoms with Crippen LogP contribution in [-0.2, 0) is 11.3 Å². The van der Waals surface area contributed by atoms with E-state index < -0.39 is 0 Å². The number of ether oxygens (including phenoxy) is 2. The van der Waals surface area contributed by atoms with Gasteiger partial charge in [-0.2, -0.15) is 0 Å². The summed E-state index contributed by atoms with van der Waals surface area (Å²) in [6, 6.07) is 3.72. The minimum Gasteiger partial charge on any atom is -0.493 e. The number of methoxy groups -OCH3 is 1. The number of hydrogen-bond acceptors (Lipinski definition) is 6. The fourth-order valence-corrected chi connectivity index (χ4v) is 2.81. The SMILES string of the molecule is COc1cc(CNCCCNCCO)c(Br)cc1OCC(=O)NC(C)(C)C. The zero-order valence-electron chi connectivity index (χ0n) is 16.7. The summed E-state index contributed by atoms with van der Waals surface area (Å²) in [5, 5.41) is 18.1. The molecule has 8 heteroatoms. The molecule has 0 aliphatic heterocycles. The standard InChI is InChI=1S/C19H32BrN3O4/c1-19(2,3)23-18(25)13-27-17-11-15(20)14(10-16(17)26-4)12-22-7-5-6-21-8-9-24/h10-11,21-22,24H,5-9,12-13H2,1-4H3,(H,23,25). The van der Waals surface area contributed by atoms with Crippen LogP contribution >= 0.6 is 15.9 Å². The fourth-order valence-electron chi connectivity index (χ4n) is 2.35. The van der Waals surface area contributed by atoms with Crippen molar-refractivity contribution in [3.8, 4) is 11.5 Å². The first-order valence-corrected chi connectivity index (χ1v) is 9.88. The topological polar surface area (TPSA) is 91.8 Å². The largest absolute Gasteiger partial charge is 0.493 e. The van der Waals surface area contributed by atoms with Crippen LogP contribution < -0.4 is 25.4 Å². The van der Waals surface area contributed by atoms with Gasteiger partial charge in [-0.25, -0.2) is 0 Å². The van der Waals surface area contributed by atoms with Crippen LogP contribution in [0.25, 0.3) is 0 Å². The summed E-state index contributed by atoms with van der Waals surface area (Å²) in [5.41, 5.74) is 0.746. The summed E-state index contributed by atoms with van der Waals surface area (Å²) >= 11 is 3.55. The molecule has 7 nitrogen and oxygen atoms in total. The lowest BCUT2D eigenvalue weighted by molar-refractivity contribution is -0.124. The number of benzene rings is 1. The average Bonchev–Trinajstić information content (AvgIpc) is 2.59. The summed E-state index contributed by atoms with van der Waals surface area (Å²) in [5.74, 6) is 0.926. The Morgan fingerprint density at radius 3 is 2.48 bits per heavy atom. The number of nitrogens with one attached hydrogen (secondary N) is 3. The highest BCUT2D eigenvalue weighted by atomic mass is 79.9. The zero-order chi connectivity index (χ0) is 20.3. The third-order valence-corrected chi connectivity index (χ3v) is 4.26. The van der Waals surface area contributed by atoms with Crippen LogP contribution in [0, 0.1) is 0 Å². The van der Waals surface area contributed by atoms with E-state index in [2.05, 4.69) is 31.9 Å². The Labute approximate surface area is 170 Å². The van der Waals surface area contributed by atoms with Crippen LogP contribution in [0.3, 0.4) is 0 Å². The highest BCUT2D eigenvalue weighted by Gasteiger charge is 2.16. The zero-order valence-corrected chi connectivity index (χ0v) is 18.2. The Kier molecular flexibility index (Phi) is 10.7. The monoisotopic (exact) mass is 445 g/mol. The maximum absolute atomic E-state index is 11.9. The van der Waals surface area contributed by atoms with Crippen molar-refractivity contribution in [2.45, 2.75) is 39.3 Å². The molecule has 0 spiro atoms. The summed E-state index contributed by atoms with van der Waals surface area (Å²) < 4.78 is 11.9.